The molecule has 2 aliphatic carbocycles. The van der Waals surface area contributed by atoms with Crippen LogP contribution in [0, 0.1) is 5.92 Å². The zero-order valence-corrected chi connectivity index (χ0v) is 19.0. The third kappa shape index (κ3) is 2.67. The van der Waals surface area contributed by atoms with Crippen LogP contribution in [0.4, 0.5) is 0 Å². The van der Waals surface area contributed by atoms with E-state index in [1.807, 2.05) is 6.07 Å². The van der Waals surface area contributed by atoms with Crippen LogP contribution < -0.4 is 9.47 Å². The highest BCUT2D eigenvalue weighted by molar-refractivity contribution is 5.89. The van der Waals surface area contributed by atoms with Gasteiger partial charge in [0.25, 0.3) is 0 Å². The molecule has 2 aliphatic heterocycles. The largest absolute Gasteiger partial charge is 0.493 e. The molecule has 168 valence electrons. The maximum Gasteiger partial charge on any atom is 0.174 e. The van der Waals surface area contributed by atoms with E-state index in [0.29, 0.717) is 18.3 Å². The molecule has 32 heavy (non-hydrogen) atoms. The topological polar surface area (TPSA) is 48.0 Å². The first kappa shape index (κ1) is 20.3. The molecule has 0 radical (unpaired) electrons. The van der Waals surface area contributed by atoms with Crippen LogP contribution in [0.1, 0.15) is 55.7 Å². The van der Waals surface area contributed by atoms with Crippen LogP contribution in [0.2, 0.25) is 0 Å². The van der Waals surface area contributed by atoms with Gasteiger partial charge in [-0.05, 0) is 49.3 Å². The number of methoxy groups -OCH3 is 1. The molecular formula is C27H31NO4. The number of piperidine rings is 1. The van der Waals surface area contributed by atoms with Crippen molar-refractivity contribution in [1.82, 2.24) is 5.06 Å². The van der Waals surface area contributed by atoms with Gasteiger partial charge in [-0.25, -0.2) is 0 Å². The Morgan fingerprint density at radius 2 is 1.97 bits per heavy atom. The number of ether oxygens (including phenoxy) is 2. The van der Waals surface area contributed by atoms with E-state index in [1.165, 1.54) is 16.7 Å². The molecule has 1 spiro atoms. The Kier molecular flexibility index (Phi) is 4.63. The van der Waals surface area contributed by atoms with Crippen molar-refractivity contribution < 1.29 is 19.1 Å². The molecule has 6 atom stereocenters. The van der Waals surface area contributed by atoms with Crippen LogP contribution in [-0.2, 0) is 21.5 Å². The number of carbonyl (C=O) groups is 1. The highest BCUT2D eigenvalue weighted by Crippen LogP contribution is 2.63. The summed E-state index contributed by atoms with van der Waals surface area (Å²) in [7, 11) is 1.68. The molecule has 2 heterocycles. The maximum atomic E-state index is 13.0. The maximum absolute atomic E-state index is 13.0. The van der Waals surface area contributed by atoms with Crippen molar-refractivity contribution in [2.45, 2.75) is 69.1 Å². The summed E-state index contributed by atoms with van der Waals surface area (Å²) in [6, 6.07) is 15.0. The molecule has 0 N–H and O–H groups in total. The van der Waals surface area contributed by atoms with E-state index < -0.39 is 0 Å². The molecule has 4 aliphatic rings. The summed E-state index contributed by atoms with van der Waals surface area (Å²) in [5.74, 6) is 2.47. The minimum atomic E-state index is -0.378. The molecule has 2 fully saturated rings. The van der Waals surface area contributed by atoms with Crippen LogP contribution in [0.5, 0.6) is 11.5 Å². The van der Waals surface area contributed by atoms with Gasteiger partial charge in [-0.1, -0.05) is 43.3 Å². The second-order valence-corrected chi connectivity index (χ2v) is 9.95. The van der Waals surface area contributed by atoms with Crippen molar-refractivity contribution in [3.8, 4) is 11.5 Å². The molecule has 5 nitrogen and oxygen atoms in total. The molecule has 2 aromatic rings. The number of ketones is 1. The van der Waals surface area contributed by atoms with Gasteiger partial charge in [0.15, 0.2) is 23.4 Å². The molecule has 5 heteroatoms. The van der Waals surface area contributed by atoms with Crippen molar-refractivity contribution in [2.75, 3.05) is 13.7 Å². The second kappa shape index (κ2) is 7.32. The van der Waals surface area contributed by atoms with Gasteiger partial charge in [-0.2, -0.15) is 5.06 Å². The lowest BCUT2D eigenvalue weighted by atomic mass is 9.52. The van der Waals surface area contributed by atoms with Gasteiger partial charge in [-0.15, -0.1) is 0 Å². The molecule has 3 unspecified atom stereocenters. The fourth-order valence-electron chi connectivity index (χ4n) is 6.91. The third-order valence-electron chi connectivity index (χ3n) is 8.59. The summed E-state index contributed by atoms with van der Waals surface area (Å²) in [6.45, 7) is 5.23. The lowest BCUT2D eigenvalue weighted by Gasteiger charge is -2.57. The molecule has 2 aromatic carbocycles. The summed E-state index contributed by atoms with van der Waals surface area (Å²) in [6.07, 6.45) is 2.99. The Morgan fingerprint density at radius 3 is 2.75 bits per heavy atom. The molecule has 1 saturated carbocycles. The summed E-state index contributed by atoms with van der Waals surface area (Å²) >= 11 is 0. The van der Waals surface area contributed by atoms with E-state index in [9.17, 15) is 4.79 Å². The Labute approximate surface area is 189 Å². The Hall–Kier alpha value is -2.37. The van der Waals surface area contributed by atoms with Gasteiger partial charge in [0.2, 0.25) is 0 Å². The van der Waals surface area contributed by atoms with Gasteiger partial charge < -0.3 is 9.47 Å². The first-order chi connectivity index (χ1) is 15.5. The van der Waals surface area contributed by atoms with Gasteiger partial charge >= 0.3 is 0 Å². The number of hydroxylamine groups is 2. The Morgan fingerprint density at radius 1 is 1.16 bits per heavy atom. The van der Waals surface area contributed by atoms with Crippen LogP contribution >= 0.6 is 0 Å². The van der Waals surface area contributed by atoms with Crippen molar-refractivity contribution in [1.29, 1.82) is 0 Å². The number of hydrogen-bond acceptors (Lipinski definition) is 5. The number of carbonyl (C=O) groups excluding carboxylic acids is 1. The lowest BCUT2D eigenvalue weighted by Crippen LogP contribution is -2.66. The van der Waals surface area contributed by atoms with Crippen LogP contribution in [-0.4, -0.2) is 42.8 Å². The fraction of sp³-hybridized carbons (Fsp3) is 0.519. The van der Waals surface area contributed by atoms with Gasteiger partial charge in [-0.3, -0.25) is 9.63 Å². The summed E-state index contributed by atoms with van der Waals surface area (Å²) in [5.41, 5.74) is 3.61. The number of benzene rings is 2. The number of hydrogen-bond donors (Lipinski definition) is 0. The minimum absolute atomic E-state index is 0.0696. The zero-order valence-electron chi connectivity index (χ0n) is 19.0. The van der Waals surface area contributed by atoms with Gasteiger partial charge in [0.05, 0.1) is 13.2 Å². The van der Waals surface area contributed by atoms with E-state index >= 15 is 0 Å². The molecule has 2 bridgehead atoms. The Balaban J connectivity index is 1.34. The highest BCUT2D eigenvalue weighted by atomic mass is 16.7. The van der Waals surface area contributed by atoms with Gasteiger partial charge in [0, 0.05) is 35.9 Å². The minimum Gasteiger partial charge on any atom is -0.493 e. The normalized spacial score (nSPS) is 32.1. The number of rotatable bonds is 5. The summed E-state index contributed by atoms with van der Waals surface area (Å²) in [4.78, 5) is 19.7. The number of Topliss-reactive ketones (excluding diaryl/α,β-unsaturated/α-hetero) is 1. The summed E-state index contributed by atoms with van der Waals surface area (Å²) < 4.78 is 12.0. The van der Waals surface area contributed by atoms with Crippen molar-refractivity contribution in [3.63, 3.8) is 0 Å². The zero-order chi connectivity index (χ0) is 22.0. The first-order valence-corrected chi connectivity index (χ1v) is 11.9. The smallest absolute Gasteiger partial charge is 0.174 e. The highest BCUT2D eigenvalue weighted by Gasteiger charge is 2.66. The standard InChI is InChI=1S/C27H31NO4/c1-16(18-7-5-4-6-8-18)17(2)32-28-14-13-27-20-10-11-22(29)26(27)31-25-23(30-3)12-9-19(24(25)27)15-21(20)28/h4-9,12,16-17,20-21,26H,10-11,13-15H2,1-3H3/t16?,17?,20-,21+,26?,27-/m0/s1. The van der Waals surface area contributed by atoms with Crippen molar-refractivity contribution in [3.05, 3.63) is 59.2 Å². The quantitative estimate of drug-likeness (QED) is 0.698. The molecule has 0 aromatic heterocycles. The lowest BCUT2D eigenvalue weighted by molar-refractivity contribution is -0.258. The fourth-order valence-corrected chi connectivity index (χ4v) is 6.91. The van der Waals surface area contributed by atoms with Crippen molar-refractivity contribution >= 4 is 5.78 Å². The third-order valence-corrected chi connectivity index (χ3v) is 8.59. The number of nitrogens with zero attached hydrogens (tertiary/aromatic N) is 1. The van der Waals surface area contributed by atoms with E-state index in [0.717, 1.165) is 37.3 Å². The van der Waals surface area contributed by atoms with Crippen LogP contribution in [0.3, 0.4) is 0 Å². The molecule has 0 amide bonds. The van der Waals surface area contributed by atoms with Crippen LogP contribution in [0.15, 0.2) is 42.5 Å². The van der Waals surface area contributed by atoms with E-state index in [-0.39, 0.29) is 29.4 Å². The average molecular weight is 434 g/mol. The average Bonchev–Trinajstić information content (AvgIpc) is 3.17. The van der Waals surface area contributed by atoms with Crippen LogP contribution in [0.25, 0.3) is 0 Å². The summed E-state index contributed by atoms with van der Waals surface area (Å²) in [5, 5.41) is 2.25. The monoisotopic (exact) mass is 433 g/mol. The molecule has 6 rings (SSSR count). The SMILES string of the molecule is COc1ccc2c3c1OC1C(=O)CC[C@H]4[C@@H](C2)N(OC(C)C(C)c2ccccc2)CC[C@]314. The molecular weight excluding hydrogens is 402 g/mol. The van der Waals surface area contributed by atoms with Crippen molar-refractivity contribution in [2.24, 2.45) is 5.92 Å². The predicted octanol–water partition coefficient (Wildman–Crippen LogP) is 4.43. The second-order valence-electron chi connectivity index (χ2n) is 9.95. The Bertz CT molecular complexity index is 1050. The first-order valence-electron chi connectivity index (χ1n) is 11.9. The van der Waals surface area contributed by atoms with E-state index in [1.54, 1.807) is 7.11 Å². The van der Waals surface area contributed by atoms with Gasteiger partial charge in [0.1, 0.15) is 0 Å². The van der Waals surface area contributed by atoms with E-state index in [2.05, 4.69) is 55.3 Å². The predicted molar refractivity (Wildman–Crippen MR) is 121 cm³/mol. The molecule has 1 saturated heterocycles. The van der Waals surface area contributed by atoms with E-state index in [4.69, 9.17) is 14.3 Å².